The molecule has 0 radical (unpaired) electrons. The maximum absolute atomic E-state index is 12.1. The van der Waals surface area contributed by atoms with E-state index in [4.69, 9.17) is 4.42 Å². The Hall–Kier alpha value is -1.82. The number of carbonyl (C=O) groups is 2. The lowest BCUT2D eigenvalue weighted by Gasteiger charge is -2.20. The number of amides is 2. The summed E-state index contributed by atoms with van der Waals surface area (Å²) in [4.78, 5) is 26.3. The Morgan fingerprint density at radius 3 is 2.77 bits per heavy atom. The summed E-state index contributed by atoms with van der Waals surface area (Å²) in [7, 11) is 0. The molecule has 1 aliphatic heterocycles. The van der Waals surface area contributed by atoms with Crippen LogP contribution in [0.15, 0.2) is 22.8 Å². The molecule has 2 amide bonds. The van der Waals surface area contributed by atoms with E-state index in [-0.39, 0.29) is 17.6 Å². The first-order valence-corrected chi connectivity index (χ1v) is 7.83. The van der Waals surface area contributed by atoms with Crippen LogP contribution in [0.4, 0.5) is 0 Å². The Kier molecular flexibility index (Phi) is 5.60. The van der Waals surface area contributed by atoms with Crippen LogP contribution in [0.5, 0.6) is 0 Å². The number of carbonyl (C=O) groups excluding carboxylic acids is 2. The van der Waals surface area contributed by atoms with E-state index in [0.29, 0.717) is 18.5 Å². The average Bonchev–Trinajstić information content (AvgIpc) is 3.15. The van der Waals surface area contributed by atoms with E-state index in [1.807, 2.05) is 0 Å². The van der Waals surface area contributed by atoms with Gasteiger partial charge in [-0.3, -0.25) is 9.59 Å². The molecule has 122 valence electrons. The molecule has 22 heavy (non-hydrogen) atoms. The standard InChI is InChI=1S/C16H25N3O3/c1-11(2)19-7-6-13(10-19)9-17-15(20)12(3)18-16(21)14-5-4-8-22-14/h4-5,8,11-13H,6-7,9-10H2,1-3H3,(H,17,20)(H,18,21)/t12-,13+/m0/s1. The van der Waals surface area contributed by atoms with Crippen molar-refractivity contribution < 1.29 is 14.0 Å². The summed E-state index contributed by atoms with van der Waals surface area (Å²) in [6.07, 6.45) is 2.53. The fourth-order valence-electron chi connectivity index (χ4n) is 2.64. The third kappa shape index (κ3) is 4.34. The lowest BCUT2D eigenvalue weighted by atomic mass is 10.1. The molecule has 6 heteroatoms. The third-order valence-electron chi connectivity index (χ3n) is 4.10. The molecule has 0 bridgehead atoms. The molecule has 1 fully saturated rings. The second-order valence-corrected chi connectivity index (χ2v) is 6.16. The maximum atomic E-state index is 12.1. The smallest absolute Gasteiger partial charge is 0.287 e. The molecule has 2 N–H and O–H groups in total. The van der Waals surface area contributed by atoms with Gasteiger partial charge in [0.1, 0.15) is 6.04 Å². The van der Waals surface area contributed by atoms with E-state index < -0.39 is 6.04 Å². The van der Waals surface area contributed by atoms with E-state index in [1.165, 1.54) is 6.26 Å². The highest BCUT2D eigenvalue weighted by molar-refractivity contribution is 5.95. The minimum Gasteiger partial charge on any atom is -0.459 e. The quantitative estimate of drug-likeness (QED) is 0.829. The van der Waals surface area contributed by atoms with Crippen molar-refractivity contribution in [2.75, 3.05) is 19.6 Å². The van der Waals surface area contributed by atoms with E-state index >= 15 is 0 Å². The van der Waals surface area contributed by atoms with Gasteiger partial charge in [0.15, 0.2) is 5.76 Å². The molecule has 2 atom stereocenters. The first-order valence-electron chi connectivity index (χ1n) is 7.83. The van der Waals surface area contributed by atoms with Crippen LogP contribution >= 0.6 is 0 Å². The molecule has 1 aromatic heterocycles. The van der Waals surface area contributed by atoms with E-state index in [1.54, 1.807) is 19.1 Å². The van der Waals surface area contributed by atoms with Crippen molar-refractivity contribution in [1.29, 1.82) is 0 Å². The van der Waals surface area contributed by atoms with Gasteiger partial charge < -0.3 is 20.0 Å². The Balaban J connectivity index is 1.72. The molecule has 1 aliphatic rings. The zero-order chi connectivity index (χ0) is 16.1. The lowest BCUT2D eigenvalue weighted by molar-refractivity contribution is -0.122. The summed E-state index contributed by atoms with van der Waals surface area (Å²) in [6.45, 7) is 8.81. The Morgan fingerprint density at radius 2 is 2.18 bits per heavy atom. The fraction of sp³-hybridized carbons (Fsp3) is 0.625. The largest absolute Gasteiger partial charge is 0.459 e. The summed E-state index contributed by atoms with van der Waals surface area (Å²) in [5.74, 6) is 0.157. The molecule has 1 aromatic rings. The summed E-state index contributed by atoms with van der Waals surface area (Å²) < 4.78 is 5.00. The molecule has 2 heterocycles. The molecular formula is C16H25N3O3. The van der Waals surface area contributed by atoms with Crippen molar-refractivity contribution >= 4 is 11.8 Å². The molecular weight excluding hydrogens is 282 g/mol. The number of nitrogens with one attached hydrogen (secondary N) is 2. The second-order valence-electron chi connectivity index (χ2n) is 6.16. The van der Waals surface area contributed by atoms with Crippen LogP contribution < -0.4 is 10.6 Å². The van der Waals surface area contributed by atoms with Crippen LogP contribution in [0, 0.1) is 5.92 Å². The number of hydrogen-bond donors (Lipinski definition) is 2. The number of furan rings is 1. The summed E-state index contributed by atoms with van der Waals surface area (Å²) in [5.41, 5.74) is 0. The predicted molar refractivity (Wildman–Crippen MR) is 83.5 cm³/mol. The van der Waals surface area contributed by atoms with E-state index in [0.717, 1.165) is 19.5 Å². The van der Waals surface area contributed by atoms with Crippen molar-refractivity contribution in [3.05, 3.63) is 24.2 Å². The number of nitrogens with zero attached hydrogens (tertiary/aromatic N) is 1. The molecule has 0 spiro atoms. The zero-order valence-electron chi connectivity index (χ0n) is 13.5. The monoisotopic (exact) mass is 307 g/mol. The minimum atomic E-state index is -0.583. The van der Waals surface area contributed by atoms with Crippen LogP contribution in [0.25, 0.3) is 0 Å². The van der Waals surface area contributed by atoms with Crippen LogP contribution in [0.3, 0.4) is 0 Å². The zero-order valence-corrected chi connectivity index (χ0v) is 13.5. The molecule has 6 nitrogen and oxygen atoms in total. The molecule has 0 aromatic carbocycles. The van der Waals surface area contributed by atoms with Gasteiger partial charge in [0.25, 0.3) is 5.91 Å². The Bertz CT molecular complexity index is 499. The highest BCUT2D eigenvalue weighted by Gasteiger charge is 2.25. The van der Waals surface area contributed by atoms with Gasteiger partial charge in [0.05, 0.1) is 6.26 Å². The van der Waals surface area contributed by atoms with Crippen LogP contribution in [0.1, 0.15) is 37.7 Å². The van der Waals surface area contributed by atoms with Gasteiger partial charge in [-0.2, -0.15) is 0 Å². The SMILES string of the molecule is CC(C)N1CC[C@H](CNC(=O)[C@H](C)NC(=O)c2ccco2)C1. The molecule has 1 saturated heterocycles. The minimum absolute atomic E-state index is 0.164. The fourth-order valence-corrected chi connectivity index (χ4v) is 2.64. The highest BCUT2D eigenvalue weighted by atomic mass is 16.3. The van der Waals surface area contributed by atoms with Crippen LogP contribution in [-0.2, 0) is 4.79 Å². The summed E-state index contributed by atoms with van der Waals surface area (Å²) in [5, 5.41) is 5.55. The van der Waals surface area contributed by atoms with Gasteiger partial charge in [-0.05, 0) is 51.8 Å². The van der Waals surface area contributed by atoms with Crippen molar-refractivity contribution in [1.82, 2.24) is 15.5 Å². The topological polar surface area (TPSA) is 74.6 Å². The molecule has 0 unspecified atom stereocenters. The second kappa shape index (κ2) is 7.45. The summed E-state index contributed by atoms with van der Waals surface area (Å²) in [6, 6.07) is 3.17. The summed E-state index contributed by atoms with van der Waals surface area (Å²) >= 11 is 0. The Morgan fingerprint density at radius 1 is 1.41 bits per heavy atom. The van der Waals surface area contributed by atoms with Crippen molar-refractivity contribution in [2.24, 2.45) is 5.92 Å². The van der Waals surface area contributed by atoms with Gasteiger partial charge in [0, 0.05) is 19.1 Å². The van der Waals surface area contributed by atoms with Crippen LogP contribution in [-0.4, -0.2) is 48.4 Å². The maximum Gasteiger partial charge on any atom is 0.287 e. The first kappa shape index (κ1) is 16.5. The van der Waals surface area contributed by atoms with Gasteiger partial charge in [-0.15, -0.1) is 0 Å². The number of hydrogen-bond acceptors (Lipinski definition) is 4. The predicted octanol–water partition coefficient (Wildman–Crippen LogP) is 1.24. The highest BCUT2D eigenvalue weighted by Crippen LogP contribution is 2.17. The molecule has 0 saturated carbocycles. The van der Waals surface area contributed by atoms with E-state index in [9.17, 15) is 9.59 Å². The van der Waals surface area contributed by atoms with Crippen molar-refractivity contribution in [2.45, 2.75) is 39.3 Å². The normalized spacial score (nSPS) is 20.1. The van der Waals surface area contributed by atoms with Gasteiger partial charge >= 0.3 is 0 Å². The van der Waals surface area contributed by atoms with Crippen molar-refractivity contribution in [3.8, 4) is 0 Å². The van der Waals surface area contributed by atoms with Crippen molar-refractivity contribution in [3.63, 3.8) is 0 Å². The molecule has 0 aliphatic carbocycles. The first-order chi connectivity index (χ1) is 10.5. The third-order valence-corrected chi connectivity index (χ3v) is 4.10. The lowest BCUT2D eigenvalue weighted by Crippen LogP contribution is -2.46. The molecule has 2 rings (SSSR count). The van der Waals surface area contributed by atoms with Gasteiger partial charge in [-0.25, -0.2) is 0 Å². The average molecular weight is 307 g/mol. The number of rotatable bonds is 6. The van der Waals surface area contributed by atoms with Gasteiger partial charge in [-0.1, -0.05) is 0 Å². The number of likely N-dealkylation sites (tertiary alicyclic amines) is 1. The van der Waals surface area contributed by atoms with E-state index in [2.05, 4.69) is 29.4 Å². The van der Waals surface area contributed by atoms with Gasteiger partial charge in [0.2, 0.25) is 5.91 Å². The Labute approximate surface area is 131 Å². The van der Waals surface area contributed by atoms with Crippen LogP contribution in [0.2, 0.25) is 0 Å².